The van der Waals surface area contributed by atoms with Gasteiger partial charge in [-0.2, -0.15) is 0 Å². The Hall–Kier alpha value is -1.35. The molecule has 0 bridgehead atoms. The van der Waals surface area contributed by atoms with Crippen LogP contribution in [0.3, 0.4) is 0 Å². The van der Waals surface area contributed by atoms with Crippen LogP contribution in [-0.2, 0) is 9.53 Å². The summed E-state index contributed by atoms with van der Waals surface area (Å²) in [7, 11) is -1.17. The number of hydrogen-bond acceptors (Lipinski definition) is 2. The van der Waals surface area contributed by atoms with Crippen molar-refractivity contribution in [3.05, 3.63) is 47.0 Å². The van der Waals surface area contributed by atoms with Gasteiger partial charge in [-0.25, -0.2) is 0 Å². The monoisotopic (exact) mass is 307 g/mol. The molecule has 2 nitrogen and oxygen atoms in total. The molecule has 1 aromatic rings. The van der Waals surface area contributed by atoms with Gasteiger partial charge in [-0.05, 0) is 36.6 Å². The molecule has 0 aliphatic carbocycles. The molecule has 0 aliphatic heterocycles. The van der Waals surface area contributed by atoms with Crippen LogP contribution in [0.15, 0.2) is 30.4 Å². The van der Waals surface area contributed by atoms with Gasteiger partial charge in [0.05, 0.1) is 0 Å². The van der Waals surface area contributed by atoms with Crippen LogP contribution < -0.4 is 0 Å². The van der Waals surface area contributed by atoms with Crippen molar-refractivity contribution in [1.29, 1.82) is 0 Å². The van der Waals surface area contributed by atoms with Gasteiger partial charge in [0.1, 0.15) is 6.10 Å². The first-order chi connectivity index (χ1) is 10.9. The molecule has 1 rings (SSSR count). The van der Waals surface area contributed by atoms with E-state index in [9.17, 15) is 4.79 Å². The van der Waals surface area contributed by atoms with Crippen molar-refractivity contribution < 1.29 is 13.6 Å². The van der Waals surface area contributed by atoms with Crippen molar-refractivity contribution in [3.8, 4) is 0 Å². The van der Waals surface area contributed by atoms with E-state index in [1.54, 1.807) is 0 Å². The van der Waals surface area contributed by atoms with Crippen LogP contribution in [0.1, 0.15) is 40.2 Å². The van der Waals surface area contributed by atoms with Crippen molar-refractivity contribution in [1.82, 2.24) is 0 Å². The molecule has 0 aromatic heterocycles. The van der Waals surface area contributed by atoms with Gasteiger partial charge in [0, 0.05) is 25.5 Å². The van der Waals surface area contributed by atoms with Crippen LogP contribution in [0.25, 0.3) is 0 Å². The van der Waals surface area contributed by atoms with Crippen molar-refractivity contribution >= 4 is 14.0 Å². The molecule has 21 heavy (non-hydrogen) atoms. The third-order valence-corrected chi connectivity index (χ3v) is 4.86. The molecule has 0 amide bonds. The Morgan fingerprint density at radius 1 is 1.29 bits per heavy atom. The average Bonchev–Trinajstić information content (AvgIpc) is 2.43. The molecule has 0 aliphatic rings. The molecule has 116 valence electrons. The maximum absolute atomic E-state index is 11.8. The van der Waals surface area contributed by atoms with Gasteiger partial charge in [-0.15, -0.1) is 0 Å². The number of esters is 1. The Kier molecular flexibility index (Phi) is 4.82. The Labute approximate surface area is 134 Å². The zero-order valence-corrected chi connectivity index (χ0v) is 14.7. The fraction of sp³-hybridized carbons (Fsp3) is 0.500. The van der Waals surface area contributed by atoms with Crippen molar-refractivity contribution in [2.24, 2.45) is 0 Å². The molecule has 0 N–H and O–H groups in total. The summed E-state index contributed by atoms with van der Waals surface area (Å²) in [6.07, 6.45) is 4.01. The molecule has 0 radical (unpaired) electrons. The third-order valence-electron chi connectivity index (χ3n) is 3.40. The predicted molar refractivity (Wildman–Crippen MR) is 92.3 cm³/mol. The summed E-state index contributed by atoms with van der Waals surface area (Å²) >= 11 is 0. The van der Waals surface area contributed by atoms with E-state index >= 15 is 0 Å². The summed E-state index contributed by atoms with van der Waals surface area (Å²) in [5, 5.41) is 0. The minimum Gasteiger partial charge on any atom is -0.457 e. The van der Waals surface area contributed by atoms with E-state index in [0.717, 1.165) is 22.7 Å². The fourth-order valence-electron chi connectivity index (χ4n) is 2.00. The van der Waals surface area contributed by atoms with Crippen LogP contribution in [0.4, 0.5) is 0 Å². The highest BCUT2D eigenvalue weighted by Gasteiger charge is 2.14. The Balaban J connectivity index is 2.94. The summed E-state index contributed by atoms with van der Waals surface area (Å²) in [5.41, 5.74) is 3.07. The molecule has 1 aromatic carbocycles. The van der Waals surface area contributed by atoms with Crippen LogP contribution in [0.2, 0.25) is 25.7 Å². The second kappa shape index (κ2) is 7.60. The molecule has 0 heterocycles. The number of benzene rings is 1. The number of ether oxygens (including phenoxy) is 1. The SMILES string of the molecule is [2H]C([2H])([2H])C(=O)OC(C/C=C/C[Si](C)(C)C)c1ccc(C)c(C)c1. The predicted octanol–water partition coefficient (Wildman–Crippen LogP) is 5.19. The number of carbonyl (C=O) groups excluding carboxylic acids is 1. The lowest BCUT2D eigenvalue weighted by atomic mass is 10.0. The topological polar surface area (TPSA) is 26.3 Å². The van der Waals surface area contributed by atoms with E-state index in [4.69, 9.17) is 8.85 Å². The lowest BCUT2D eigenvalue weighted by Gasteiger charge is -2.17. The zero-order valence-electron chi connectivity index (χ0n) is 16.7. The van der Waals surface area contributed by atoms with Gasteiger partial charge in [0.15, 0.2) is 0 Å². The molecular formula is C18H28O2Si. The normalized spacial score (nSPS) is 16.1. The molecule has 1 unspecified atom stereocenters. The minimum atomic E-state index is -2.74. The van der Waals surface area contributed by atoms with E-state index in [-0.39, 0.29) is 0 Å². The van der Waals surface area contributed by atoms with E-state index in [0.29, 0.717) is 6.42 Å². The standard InChI is InChI=1S/C18H28O2Si/c1-14-10-11-17(13-15(14)2)18(20-16(3)19)9-7-8-12-21(4,5)6/h7-8,10-11,13,18H,9,12H2,1-6H3/b8-7+/i3D3. The molecule has 0 spiro atoms. The lowest BCUT2D eigenvalue weighted by Crippen LogP contribution is -2.17. The number of hydrogen-bond donors (Lipinski definition) is 0. The molecule has 0 saturated heterocycles. The van der Waals surface area contributed by atoms with Crippen molar-refractivity contribution in [2.45, 2.75) is 58.9 Å². The number of allylic oxidation sites excluding steroid dienone is 1. The fourth-order valence-corrected chi connectivity index (χ4v) is 2.88. The van der Waals surface area contributed by atoms with E-state index in [1.165, 1.54) is 0 Å². The van der Waals surface area contributed by atoms with Gasteiger partial charge in [0.25, 0.3) is 0 Å². The molecular weight excluding hydrogens is 276 g/mol. The van der Waals surface area contributed by atoms with Gasteiger partial charge < -0.3 is 4.74 Å². The lowest BCUT2D eigenvalue weighted by molar-refractivity contribution is -0.146. The average molecular weight is 308 g/mol. The summed E-state index contributed by atoms with van der Waals surface area (Å²) in [5.74, 6) is -1.15. The summed E-state index contributed by atoms with van der Waals surface area (Å²) in [6.45, 7) is 8.12. The first-order valence-electron chi connectivity index (χ1n) is 8.83. The smallest absolute Gasteiger partial charge is 0.303 e. The molecule has 0 saturated carbocycles. The first-order valence-corrected chi connectivity index (χ1v) is 11.0. The first kappa shape index (κ1) is 13.3. The van der Waals surface area contributed by atoms with Gasteiger partial charge in [-0.3, -0.25) is 4.79 Å². The van der Waals surface area contributed by atoms with Gasteiger partial charge in [0.2, 0.25) is 0 Å². The minimum absolute atomic E-state index is 0.481. The third kappa shape index (κ3) is 6.76. The Morgan fingerprint density at radius 2 is 2.00 bits per heavy atom. The van der Waals surface area contributed by atoms with Crippen molar-refractivity contribution in [2.75, 3.05) is 0 Å². The highest BCUT2D eigenvalue weighted by Crippen LogP contribution is 2.24. The van der Waals surface area contributed by atoms with Crippen LogP contribution >= 0.6 is 0 Å². The van der Waals surface area contributed by atoms with Gasteiger partial charge >= 0.3 is 5.97 Å². The maximum atomic E-state index is 11.8. The number of rotatable bonds is 6. The Morgan fingerprint density at radius 3 is 2.57 bits per heavy atom. The van der Waals surface area contributed by atoms with E-state index < -0.39 is 27.0 Å². The number of carbonyl (C=O) groups is 1. The Bertz CT molecular complexity index is 601. The quantitative estimate of drug-likeness (QED) is 0.410. The molecule has 0 fully saturated rings. The van der Waals surface area contributed by atoms with E-state index in [1.807, 2.05) is 38.1 Å². The van der Waals surface area contributed by atoms with Crippen molar-refractivity contribution in [3.63, 3.8) is 0 Å². The molecule has 1 atom stereocenters. The van der Waals surface area contributed by atoms with Gasteiger partial charge in [-0.1, -0.05) is 50.0 Å². The summed E-state index contributed by atoms with van der Waals surface area (Å²) in [4.78, 5) is 11.8. The van der Waals surface area contributed by atoms with Crippen LogP contribution in [0.5, 0.6) is 0 Å². The van der Waals surface area contributed by atoms with E-state index in [2.05, 4.69) is 25.7 Å². The highest BCUT2D eigenvalue weighted by atomic mass is 28.3. The van der Waals surface area contributed by atoms with Crippen LogP contribution in [0, 0.1) is 13.8 Å². The summed E-state index contributed by atoms with van der Waals surface area (Å²) in [6, 6.07) is 6.86. The zero-order chi connectivity index (χ0) is 18.5. The molecule has 3 heteroatoms. The van der Waals surface area contributed by atoms with Crippen LogP contribution in [-0.4, -0.2) is 14.0 Å². The summed E-state index contributed by atoms with van der Waals surface area (Å²) < 4.78 is 26.9. The second-order valence-electron chi connectivity index (χ2n) is 6.71. The second-order valence-corrected chi connectivity index (χ2v) is 12.2. The number of aryl methyl sites for hydroxylation is 2. The highest BCUT2D eigenvalue weighted by molar-refractivity contribution is 6.76. The maximum Gasteiger partial charge on any atom is 0.303 e. The largest absolute Gasteiger partial charge is 0.457 e.